The number of carbonyl (C=O) groups excluding carboxylic acids is 3. The maximum absolute atomic E-state index is 12.9. The molecule has 2 rings (SSSR count). The Kier molecular flexibility index (Phi) is 6.65. The number of fused-ring (bicyclic) bond motifs is 2. The normalized spacial score (nSPS) is 31.2. The minimum atomic E-state index is -5.34. The van der Waals surface area contributed by atoms with Crippen LogP contribution in [0.5, 0.6) is 0 Å². The Morgan fingerprint density at radius 3 is 1.68 bits per heavy atom. The second kappa shape index (κ2) is 8.16. The molecule has 0 aromatic heterocycles. The van der Waals surface area contributed by atoms with Crippen LogP contribution in [0.25, 0.3) is 0 Å². The summed E-state index contributed by atoms with van der Waals surface area (Å²) < 4.78 is 92.4. The Morgan fingerprint density at radius 1 is 0.806 bits per heavy atom. The predicted octanol–water partition coefficient (Wildman–Crippen LogP) is 4.39. The molecule has 2 fully saturated rings. The Hall–Kier alpha value is -2.01. The zero-order chi connectivity index (χ0) is 23.9. The van der Waals surface area contributed by atoms with E-state index in [1.54, 1.807) is 0 Å². The molecule has 31 heavy (non-hydrogen) atoms. The summed E-state index contributed by atoms with van der Waals surface area (Å²) >= 11 is 0. The van der Waals surface area contributed by atoms with Crippen LogP contribution in [-0.4, -0.2) is 47.1 Å². The Bertz CT molecular complexity index is 704. The molecule has 0 saturated heterocycles. The average Bonchev–Trinajstić information content (AvgIpc) is 2.58. The summed E-state index contributed by atoms with van der Waals surface area (Å²) in [4.78, 5) is 35.5. The first-order chi connectivity index (χ1) is 14.0. The van der Waals surface area contributed by atoms with Crippen LogP contribution in [0.15, 0.2) is 0 Å². The highest BCUT2D eigenvalue weighted by Gasteiger charge is 2.63. The number of esters is 3. The van der Waals surface area contributed by atoms with Crippen molar-refractivity contribution in [2.24, 2.45) is 5.92 Å². The van der Waals surface area contributed by atoms with Gasteiger partial charge in [0.25, 0.3) is 0 Å². The first-order valence-electron chi connectivity index (χ1n) is 9.80. The van der Waals surface area contributed by atoms with E-state index in [-0.39, 0.29) is 38.5 Å². The van der Waals surface area contributed by atoms with Gasteiger partial charge in [0, 0.05) is 19.3 Å². The number of hydrogen-bond donors (Lipinski definition) is 0. The summed E-state index contributed by atoms with van der Waals surface area (Å²) in [6, 6.07) is 0. The number of carbonyl (C=O) groups is 3. The number of hydrogen-bond acceptors (Lipinski definition) is 6. The van der Waals surface area contributed by atoms with E-state index in [9.17, 15) is 40.7 Å². The molecule has 3 atom stereocenters. The lowest BCUT2D eigenvalue weighted by molar-refractivity contribution is -0.263. The molecule has 178 valence electrons. The van der Waals surface area contributed by atoms with Crippen LogP contribution in [0.1, 0.15) is 65.7 Å². The van der Waals surface area contributed by atoms with Gasteiger partial charge in [-0.05, 0) is 25.7 Å². The molecule has 0 heterocycles. The van der Waals surface area contributed by atoms with Crippen LogP contribution < -0.4 is 0 Å². The summed E-state index contributed by atoms with van der Waals surface area (Å²) in [6.07, 6.45) is -11.9. The van der Waals surface area contributed by atoms with Crippen LogP contribution >= 0.6 is 0 Å². The van der Waals surface area contributed by atoms with Crippen molar-refractivity contribution < 1.29 is 54.9 Å². The molecule has 0 aromatic carbocycles. The molecule has 0 aliphatic heterocycles. The minimum Gasteiger partial charge on any atom is -0.459 e. The van der Waals surface area contributed by atoms with Gasteiger partial charge in [0.2, 0.25) is 0 Å². The van der Waals surface area contributed by atoms with E-state index < -0.39 is 59.4 Å². The highest BCUT2D eigenvalue weighted by atomic mass is 19.4. The molecule has 12 heteroatoms. The van der Waals surface area contributed by atoms with Crippen LogP contribution in [0, 0.1) is 5.92 Å². The fraction of sp³-hybridized carbons (Fsp3) is 0.842. The van der Waals surface area contributed by atoms with Crippen molar-refractivity contribution in [1.29, 1.82) is 0 Å². The standard InChI is InChI=1S/C19H24F6O6/c1-4-15(30-13(27)18(20,21)22)8-16(29-12(26)11(2)3)6-5-7-17(9-15,10-16)31-14(28)19(23,24)25/h11H,4-10H2,1-3H3. The average molecular weight is 462 g/mol. The number of ether oxygens (including phenoxy) is 3. The molecule has 2 saturated carbocycles. The maximum atomic E-state index is 12.9. The fourth-order valence-corrected chi connectivity index (χ4v) is 4.52. The second-order valence-electron chi connectivity index (χ2n) is 8.64. The Balaban J connectivity index is 2.49. The third kappa shape index (κ3) is 5.62. The summed E-state index contributed by atoms with van der Waals surface area (Å²) in [7, 11) is 0. The monoisotopic (exact) mass is 462 g/mol. The van der Waals surface area contributed by atoms with E-state index >= 15 is 0 Å². The van der Waals surface area contributed by atoms with Gasteiger partial charge in [-0.1, -0.05) is 20.8 Å². The largest absolute Gasteiger partial charge is 0.490 e. The predicted molar refractivity (Wildman–Crippen MR) is 91.4 cm³/mol. The lowest BCUT2D eigenvalue weighted by Crippen LogP contribution is -2.63. The van der Waals surface area contributed by atoms with E-state index in [1.807, 2.05) is 0 Å². The molecule has 0 N–H and O–H groups in total. The van der Waals surface area contributed by atoms with Gasteiger partial charge in [0.15, 0.2) is 0 Å². The Labute approximate surface area is 174 Å². The topological polar surface area (TPSA) is 78.9 Å². The molecule has 0 amide bonds. The van der Waals surface area contributed by atoms with Crippen LogP contribution in [0.3, 0.4) is 0 Å². The quantitative estimate of drug-likeness (QED) is 0.343. The summed E-state index contributed by atoms with van der Waals surface area (Å²) in [5.41, 5.74) is -5.37. The molecule has 6 nitrogen and oxygen atoms in total. The maximum Gasteiger partial charge on any atom is 0.490 e. The first kappa shape index (κ1) is 25.3. The van der Waals surface area contributed by atoms with Crippen molar-refractivity contribution in [2.75, 3.05) is 0 Å². The minimum absolute atomic E-state index is 0.110. The summed E-state index contributed by atoms with van der Waals surface area (Å²) in [6.45, 7) is 4.42. The van der Waals surface area contributed by atoms with E-state index in [1.165, 1.54) is 20.8 Å². The van der Waals surface area contributed by atoms with Gasteiger partial charge in [0.1, 0.15) is 16.8 Å². The zero-order valence-electron chi connectivity index (χ0n) is 17.2. The summed E-state index contributed by atoms with van der Waals surface area (Å²) in [5.74, 6) is -6.37. The van der Waals surface area contributed by atoms with Crippen LogP contribution in [0.4, 0.5) is 26.3 Å². The molecular formula is C19H24F6O6. The number of rotatable bonds is 5. The van der Waals surface area contributed by atoms with E-state index in [4.69, 9.17) is 14.2 Å². The first-order valence-corrected chi connectivity index (χ1v) is 9.80. The van der Waals surface area contributed by atoms with Gasteiger partial charge in [-0.2, -0.15) is 26.3 Å². The molecule has 0 spiro atoms. The third-order valence-corrected chi connectivity index (χ3v) is 5.71. The molecule has 2 aliphatic rings. The zero-order valence-corrected chi connectivity index (χ0v) is 17.2. The van der Waals surface area contributed by atoms with Gasteiger partial charge in [-0.25, -0.2) is 9.59 Å². The second-order valence-corrected chi connectivity index (χ2v) is 8.64. The van der Waals surface area contributed by atoms with E-state index in [0.29, 0.717) is 0 Å². The van der Waals surface area contributed by atoms with Gasteiger partial charge in [-0.15, -0.1) is 0 Å². The lowest BCUT2D eigenvalue weighted by Gasteiger charge is -2.56. The molecule has 3 unspecified atom stereocenters. The van der Waals surface area contributed by atoms with Crippen molar-refractivity contribution in [1.82, 2.24) is 0 Å². The Morgan fingerprint density at radius 2 is 1.26 bits per heavy atom. The fourth-order valence-electron chi connectivity index (χ4n) is 4.52. The van der Waals surface area contributed by atoms with Crippen LogP contribution in [-0.2, 0) is 28.6 Å². The van der Waals surface area contributed by atoms with Crippen molar-refractivity contribution in [3.63, 3.8) is 0 Å². The molecular weight excluding hydrogens is 438 g/mol. The van der Waals surface area contributed by atoms with E-state index in [0.717, 1.165) is 0 Å². The smallest absolute Gasteiger partial charge is 0.459 e. The lowest BCUT2D eigenvalue weighted by atomic mass is 9.60. The third-order valence-electron chi connectivity index (χ3n) is 5.71. The number of halogens is 6. The molecule has 2 bridgehead atoms. The highest BCUT2D eigenvalue weighted by molar-refractivity contribution is 5.77. The van der Waals surface area contributed by atoms with Crippen molar-refractivity contribution in [3.05, 3.63) is 0 Å². The molecule has 0 radical (unpaired) electrons. The molecule has 2 aliphatic carbocycles. The molecule has 0 aromatic rings. The highest BCUT2D eigenvalue weighted by Crippen LogP contribution is 2.55. The van der Waals surface area contributed by atoms with Gasteiger partial charge in [0.05, 0.1) is 5.92 Å². The van der Waals surface area contributed by atoms with Crippen molar-refractivity contribution >= 4 is 17.9 Å². The number of alkyl halides is 6. The van der Waals surface area contributed by atoms with Crippen molar-refractivity contribution in [2.45, 2.75) is 94.9 Å². The SMILES string of the molecule is CCC1(OC(=O)C(F)(F)F)CC2(OC(=O)C(C)C)CCCC(OC(=O)C(F)(F)F)(C2)C1. The van der Waals surface area contributed by atoms with Gasteiger partial charge in [-0.3, -0.25) is 4.79 Å². The van der Waals surface area contributed by atoms with Crippen molar-refractivity contribution in [3.8, 4) is 0 Å². The van der Waals surface area contributed by atoms with Gasteiger partial charge < -0.3 is 14.2 Å². The van der Waals surface area contributed by atoms with Gasteiger partial charge >= 0.3 is 30.3 Å². The van der Waals surface area contributed by atoms with Crippen LogP contribution in [0.2, 0.25) is 0 Å². The summed E-state index contributed by atoms with van der Waals surface area (Å²) in [5, 5.41) is 0. The van der Waals surface area contributed by atoms with E-state index in [2.05, 4.69) is 0 Å².